The highest BCUT2D eigenvalue weighted by Crippen LogP contribution is 2.53. The van der Waals surface area contributed by atoms with Crippen LogP contribution in [0.25, 0.3) is 16.9 Å². The minimum absolute atomic E-state index is 0.122. The van der Waals surface area contributed by atoms with E-state index >= 15 is 0 Å². The molecule has 0 aliphatic heterocycles. The zero-order valence-corrected chi connectivity index (χ0v) is 22.8. The molecule has 6 heteroatoms. The van der Waals surface area contributed by atoms with E-state index < -0.39 is 0 Å². The van der Waals surface area contributed by atoms with Gasteiger partial charge in [0.2, 0.25) is 0 Å². The number of amides is 1. The molecule has 37 heavy (non-hydrogen) atoms. The SMILES string of the molecule is Cc1ccc(-n2nc(C(=O)NCCNC3C4CC5CC(C4)CC3C5)c(C)c2-c2ccc(Cl)cc2)c(C)c1. The van der Waals surface area contributed by atoms with E-state index in [9.17, 15) is 4.79 Å². The molecule has 7 rings (SSSR count). The highest BCUT2D eigenvalue weighted by molar-refractivity contribution is 6.30. The third-order valence-corrected chi connectivity index (χ3v) is 9.30. The molecule has 4 bridgehead atoms. The van der Waals surface area contributed by atoms with Crippen LogP contribution in [0.1, 0.15) is 59.3 Å². The van der Waals surface area contributed by atoms with Gasteiger partial charge in [0.25, 0.3) is 5.91 Å². The summed E-state index contributed by atoms with van der Waals surface area (Å²) >= 11 is 6.17. The van der Waals surface area contributed by atoms with Crippen molar-refractivity contribution in [3.05, 3.63) is 69.9 Å². The molecule has 5 nitrogen and oxygen atoms in total. The van der Waals surface area contributed by atoms with E-state index in [1.54, 1.807) is 0 Å². The molecule has 2 N–H and O–H groups in total. The second-order valence-corrected chi connectivity index (χ2v) is 12.1. The third kappa shape index (κ3) is 4.72. The third-order valence-electron chi connectivity index (χ3n) is 9.05. The topological polar surface area (TPSA) is 59.0 Å². The van der Waals surface area contributed by atoms with E-state index in [1.807, 2.05) is 35.9 Å². The second kappa shape index (κ2) is 9.92. The molecule has 1 heterocycles. The Balaban J connectivity index is 1.19. The Kier molecular flexibility index (Phi) is 6.62. The standard InChI is InChI=1S/C31H37ClN4O/c1-18-4-9-27(19(2)12-18)36-30(23-5-7-26(32)8-6-23)20(3)28(35-36)31(37)34-11-10-33-29-24-14-21-13-22(16-24)17-25(29)15-21/h4-9,12,21-22,24-25,29,33H,10-11,13-17H2,1-3H3,(H,34,37). The van der Waals surface area contributed by atoms with Gasteiger partial charge in [-0.05, 0) is 100 Å². The Morgan fingerprint density at radius 3 is 2.27 bits per heavy atom. The lowest BCUT2D eigenvalue weighted by Gasteiger charge is -2.54. The second-order valence-electron chi connectivity index (χ2n) is 11.7. The normalized spacial score (nSPS) is 26.0. The number of carbonyl (C=O) groups is 1. The maximum atomic E-state index is 13.3. The molecule has 1 aromatic heterocycles. The van der Waals surface area contributed by atoms with Gasteiger partial charge < -0.3 is 10.6 Å². The molecule has 4 saturated carbocycles. The van der Waals surface area contributed by atoms with Crippen molar-refractivity contribution in [3.8, 4) is 16.9 Å². The summed E-state index contributed by atoms with van der Waals surface area (Å²) in [4.78, 5) is 13.3. The fourth-order valence-electron chi connectivity index (χ4n) is 7.63. The number of aromatic nitrogens is 2. The Morgan fingerprint density at radius 2 is 1.62 bits per heavy atom. The average molecular weight is 517 g/mol. The fraction of sp³-hybridized carbons (Fsp3) is 0.484. The molecular formula is C31H37ClN4O. The summed E-state index contributed by atoms with van der Waals surface area (Å²) in [5, 5.41) is 12.5. The summed E-state index contributed by atoms with van der Waals surface area (Å²) in [7, 11) is 0. The predicted molar refractivity (Wildman–Crippen MR) is 149 cm³/mol. The van der Waals surface area contributed by atoms with Gasteiger partial charge >= 0.3 is 0 Å². The largest absolute Gasteiger partial charge is 0.349 e. The van der Waals surface area contributed by atoms with Crippen LogP contribution in [-0.2, 0) is 0 Å². The van der Waals surface area contributed by atoms with Gasteiger partial charge in [-0.15, -0.1) is 0 Å². The number of nitrogens with zero attached hydrogens (tertiary/aromatic N) is 2. The van der Waals surface area contributed by atoms with Gasteiger partial charge in [0.1, 0.15) is 0 Å². The summed E-state index contributed by atoms with van der Waals surface area (Å²) < 4.78 is 1.91. The minimum atomic E-state index is -0.122. The van der Waals surface area contributed by atoms with Crippen molar-refractivity contribution in [3.63, 3.8) is 0 Å². The van der Waals surface area contributed by atoms with Gasteiger partial charge in [-0.1, -0.05) is 41.4 Å². The van der Waals surface area contributed by atoms with E-state index in [2.05, 4.69) is 42.7 Å². The lowest BCUT2D eigenvalue weighted by atomic mass is 9.54. The summed E-state index contributed by atoms with van der Waals surface area (Å²) in [6, 6.07) is 14.7. The van der Waals surface area contributed by atoms with E-state index in [-0.39, 0.29) is 5.91 Å². The van der Waals surface area contributed by atoms with E-state index in [4.69, 9.17) is 16.7 Å². The number of hydrogen-bond acceptors (Lipinski definition) is 3. The smallest absolute Gasteiger partial charge is 0.272 e. The lowest BCUT2D eigenvalue weighted by molar-refractivity contribution is -0.0133. The number of carbonyl (C=O) groups excluding carboxylic acids is 1. The highest BCUT2D eigenvalue weighted by atomic mass is 35.5. The molecule has 194 valence electrons. The zero-order chi connectivity index (χ0) is 25.7. The molecule has 3 aromatic rings. The first-order chi connectivity index (χ1) is 17.9. The average Bonchev–Trinajstić information content (AvgIpc) is 3.20. The van der Waals surface area contributed by atoms with Crippen molar-refractivity contribution < 1.29 is 4.79 Å². The number of rotatable bonds is 7. The summed E-state index contributed by atoms with van der Waals surface area (Å²) in [5.41, 5.74) is 6.53. The number of hydrogen-bond donors (Lipinski definition) is 2. The Labute approximate surface area is 225 Å². The summed E-state index contributed by atoms with van der Waals surface area (Å²) in [6.45, 7) is 7.56. The molecule has 4 fully saturated rings. The maximum Gasteiger partial charge on any atom is 0.272 e. The van der Waals surface area contributed by atoms with E-state index in [0.717, 1.165) is 58.3 Å². The van der Waals surface area contributed by atoms with Crippen LogP contribution in [0.2, 0.25) is 5.02 Å². The van der Waals surface area contributed by atoms with Gasteiger partial charge in [-0.3, -0.25) is 4.79 Å². The van der Waals surface area contributed by atoms with Gasteiger partial charge in [-0.2, -0.15) is 5.10 Å². The quantitative estimate of drug-likeness (QED) is 0.364. The van der Waals surface area contributed by atoms with Crippen LogP contribution >= 0.6 is 11.6 Å². The van der Waals surface area contributed by atoms with Crippen molar-refractivity contribution in [2.24, 2.45) is 23.7 Å². The van der Waals surface area contributed by atoms with Crippen LogP contribution < -0.4 is 10.6 Å². The number of halogens is 1. The lowest BCUT2D eigenvalue weighted by Crippen LogP contribution is -2.55. The van der Waals surface area contributed by atoms with Crippen LogP contribution in [0.15, 0.2) is 42.5 Å². The van der Waals surface area contributed by atoms with Gasteiger partial charge in [0.15, 0.2) is 5.69 Å². The van der Waals surface area contributed by atoms with Crippen LogP contribution in [0.4, 0.5) is 0 Å². The molecule has 4 aliphatic rings. The van der Waals surface area contributed by atoms with Gasteiger partial charge in [0.05, 0.1) is 11.4 Å². The van der Waals surface area contributed by atoms with Crippen molar-refractivity contribution in [1.82, 2.24) is 20.4 Å². The molecule has 0 radical (unpaired) electrons. The van der Waals surface area contributed by atoms with Crippen molar-refractivity contribution in [1.29, 1.82) is 0 Å². The van der Waals surface area contributed by atoms with Crippen LogP contribution in [-0.4, -0.2) is 34.8 Å². The predicted octanol–water partition coefficient (Wildman–Crippen LogP) is 6.26. The van der Waals surface area contributed by atoms with Gasteiger partial charge in [-0.25, -0.2) is 4.68 Å². The number of aryl methyl sites for hydroxylation is 2. The fourth-order valence-corrected chi connectivity index (χ4v) is 7.76. The Hall–Kier alpha value is -2.63. The highest BCUT2D eigenvalue weighted by Gasteiger charge is 2.47. The molecule has 1 amide bonds. The zero-order valence-electron chi connectivity index (χ0n) is 22.1. The Bertz CT molecular complexity index is 1280. The monoisotopic (exact) mass is 516 g/mol. The molecule has 4 aliphatic carbocycles. The first kappa shape index (κ1) is 24.7. The summed E-state index contributed by atoms with van der Waals surface area (Å²) in [6.07, 6.45) is 7.08. The first-order valence-electron chi connectivity index (χ1n) is 13.8. The molecule has 0 atom stereocenters. The van der Waals surface area contributed by atoms with Crippen molar-refractivity contribution >= 4 is 17.5 Å². The van der Waals surface area contributed by atoms with Crippen molar-refractivity contribution in [2.75, 3.05) is 13.1 Å². The molecule has 2 aromatic carbocycles. The molecular weight excluding hydrogens is 480 g/mol. The first-order valence-corrected chi connectivity index (χ1v) is 14.2. The molecule has 0 unspecified atom stereocenters. The maximum absolute atomic E-state index is 13.3. The van der Waals surface area contributed by atoms with Gasteiger partial charge in [0, 0.05) is 35.3 Å². The van der Waals surface area contributed by atoms with E-state index in [1.165, 1.54) is 37.7 Å². The van der Waals surface area contributed by atoms with E-state index in [0.29, 0.717) is 23.3 Å². The summed E-state index contributed by atoms with van der Waals surface area (Å²) in [5.74, 6) is 3.51. The molecule has 0 saturated heterocycles. The van der Waals surface area contributed by atoms with Crippen LogP contribution in [0.5, 0.6) is 0 Å². The van der Waals surface area contributed by atoms with Crippen LogP contribution in [0.3, 0.4) is 0 Å². The number of nitrogens with one attached hydrogen (secondary N) is 2. The Morgan fingerprint density at radius 1 is 0.946 bits per heavy atom. The number of benzene rings is 2. The van der Waals surface area contributed by atoms with Crippen LogP contribution in [0, 0.1) is 44.4 Å². The minimum Gasteiger partial charge on any atom is -0.349 e. The molecule has 0 spiro atoms. The van der Waals surface area contributed by atoms with Crippen molar-refractivity contribution in [2.45, 2.75) is 58.9 Å².